The van der Waals surface area contributed by atoms with Crippen molar-refractivity contribution >= 4 is 23.0 Å². The molecule has 4 heteroatoms. The van der Waals surface area contributed by atoms with Crippen LogP contribution in [0.3, 0.4) is 0 Å². The molecule has 1 aromatic rings. The van der Waals surface area contributed by atoms with Crippen LogP contribution in [0.4, 0.5) is 5.69 Å². The van der Waals surface area contributed by atoms with E-state index in [1.54, 1.807) is 6.92 Å². The second-order valence-electron chi connectivity index (χ2n) is 4.77. The van der Waals surface area contributed by atoms with E-state index in [4.69, 9.17) is 10.5 Å². The van der Waals surface area contributed by atoms with Crippen molar-refractivity contribution in [3.05, 3.63) is 15.3 Å². The van der Waals surface area contributed by atoms with E-state index in [9.17, 15) is 4.79 Å². The minimum Gasteiger partial charge on any atom is -0.462 e. The Bertz CT molecular complexity index is 402. The standard InChI is InChI=1S/C12H19NO2S/c1-6-15-11(14)9-8(13)7(2)10(16-9)12(3,4)5/h6,13H2,1-5H3. The zero-order chi connectivity index (χ0) is 12.5. The first-order valence-electron chi connectivity index (χ1n) is 5.35. The molecule has 0 aliphatic carbocycles. The Morgan fingerprint density at radius 3 is 2.38 bits per heavy atom. The quantitative estimate of drug-likeness (QED) is 0.809. The van der Waals surface area contributed by atoms with Gasteiger partial charge in [0.1, 0.15) is 4.88 Å². The summed E-state index contributed by atoms with van der Waals surface area (Å²) in [6.07, 6.45) is 0. The van der Waals surface area contributed by atoms with Gasteiger partial charge >= 0.3 is 5.97 Å². The van der Waals surface area contributed by atoms with Gasteiger partial charge in [0, 0.05) is 4.88 Å². The van der Waals surface area contributed by atoms with Gasteiger partial charge in [0.25, 0.3) is 0 Å². The number of hydrogen-bond acceptors (Lipinski definition) is 4. The number of hydrogen-bond donors (Lipinski definition) is 1. The third-order valence-electron chi connectivity index (χ3n) is 2.34. The predicted molar refractivity (Wildman–Crippen MR) is 68.1 cm³/mol. The molecular formula is C12H19NO2S. The van der Waals surface area contributed by atoms with Gasteiger partial charge < -0.3 is 10.5 Å². The molecule has 0 aromatic carbocycles. The van der Waals surface area contributed by atoms with E-state index in [1.807, 2.05) is 6.92 Å². The third-order valence-corrected chi connectivity index (χ3v) is 4.05. The van der Waals surface area contributed by atoms with E-state index >= 15 is 0 Å². The first-order valence-corrected chi connectivity index (χ1v) is 6.17. The molecule has 2 N–H and O–H groups in total. The van der Waals surface area contributed by atoms with Crippen LogP contribution in [0.2, 0.25) is 0 Å². The zero-order valence-electron chi connectivity index (χ0n) is 10.5. The lowest BCUT2D eigenvalue weighted by Crippen LogP contribution is -2.10. The van der Waals surface area contributed by atoms with Gasteiger partial charge in [-0.2, -0.15) is 0 Å². The fourth-order valence-electron chi connectivity index (χ4n) is 1.59. The van der Waals surface area contributed by atoms with Gasteiger partial charge in [-0.25, -0.2) is 4.79 Å². The number of rotatable bonds is 2. The van der Waals surface area contributed by atoms with Crippen molar-refractivity contribution in [2.75, 3.05) is 12.3 Å². The molecule has 0 unspecified atom stereocenters. The van der Waals surface area contributed by atoms with Crippen LogP contribution >= 0.6 is 11.3 Å². The largest absolute Gasteiger partial charge is 0.462 e. The highest BCUT2D eigenvalue weighted by molar-refractivity contribution is 7.15. The van der Waals surface area contributed by atoms with Crippen LogP contribution < -0.4 is 5.73 Å². The molecule has 0 fully saturated rings. The van der Waals surface area contributed by atoms with Crippen LogP contribution in [0.25, 0.3) is 0 Å². The SMILES string of the molecule is CCOC(=O)c1sc(C(C)(C)C)c(C)c1N. The van der Waals surface area contributed by atoms with Gasteiger partial charge in [-0.1, -0.05) is 20.8 Å². The second kappa shape index (κ2) is 4.45. The predicted octanol–water partition coefficient (Wildman–Crippen LogP) is 3.11. The smallest absolute Gasteiger partial charge is 0.350 e. The van der Waals surface area contributed by atoms with Crippen molar-refractivity contribution in [2.24, 2.45) is 0 Å². The summed E-state index contributed by atoms with van der Waals surface area (Å²) in [4.78, 5) is 13.3. The normalized spacial score (nSPS) is 11.6. The summed E-state index contributed by atoms with van der Waals surface area (Å²) >= 11 is 1.44. The molecule has 1 aromatic heterocycles. The average Bonchev–Trinajstić information content (AvgIpc) is 2.44. The highest BCUT2D eigenvalue weighted by Crippen LogP contribution is 2.38. The Morgan fingerprint density at radius 1 is 1.44 bits per heavy atom. The van der Waals surface area contributed by atoms with E-state index in [2.05, 4.69) is 20.8 Å². The lowest BCUT2D eigenvalue weighted by Gasteiger charge is -2.17. The van der Waals surface area contributed by atoms with Gasteiger partial charge in [-0.15, -0.1) is 11.3 Å². The van der Waals surface area contributed by atoms with Crippen LogP contribution in [0.15, 0.2) is 0 Å². The van der Waals surface area contributed by atoms with Crippen molar-refractivity contribution in [3.8, 4) is 0 Å². The summed E-state index contributed by atoms with van der Waals surface area (Å²) in [6.45, 7) is 10.5. The molecule has 0 spiro atoms. The minimum atomic E-state index is -0.316. The number of thiophene rings is 1. The monoisotopic (exact) mass is 241 g/mol. The zero-order valence-corrected chi connectivity index (χ0v) is 11.3. The fraction of sp³-hybridized carbons (Fsp3) is 0.583. The van der Waals surface area contributed by atoms with E-state index in [-0.39, 0.29) is 11.4 Å². The summed E-state index contributed by atoms with van der Waals surface area (Å²) < 4.78 is 4.98. The Labute approximate surface area is 101 Å². The van der Waals surface area contributed by atoms with Crippen LogP contribution in [0.1, 0.15) is 47.8 Å². The lowest BCUT2D eigenvalue weighted by atomic mass is 9.92. The average molecular weight is 241 g/mol. The molecular weight excluding hydrogens is 222 g/mol. The van der Waals surface area contributed by atoms with E-state index in [1.165, 1.54) is 11.3 Å². The molecule has 0 saturated heterocycles. The molecule has 16 heavy (non-hydrogen) atoms. The van der Waals surface area contributed by atoms with E-state index < -0.39 is 0 Å². The Balaban J connectivity index is 3.20. The number of esters is 1. The number of carbonyl (C=O) groups excluding carboxylic acids is 1. The summed E-state index contributed by atoms with van der Waals surface area (Å²) in [6, 6.07) is 0. The molecule has 0 bridgehead atoms. The summed E-state index contributed by atoms with van der Waals surface area (Å²) in [5.41, 5.74) is 7.51. The molecule has 0 radical (unpaired) electrons. The van der Waals surface area contributed by atoms with Crippen LogP contribution in [-0.2, 0) is 10.2 Å². The highest BCUT2D eigenvalue weighted by Gasteiger charge is 2.25. The van der Waals surface area contributed by atoms with Crippen molar-refractivity contribution < 1.29 is 9.53 Å². The fourth-order valence-corrected chi connectivity index (χ4v) is 2.77. The molecule has 3 nitrogen and oxygen atoms in total. The van der Waals surface area contributed by atoms with E-state index in [0.717, 1.165) is 10.4 Å². The number of carbonyl (C=O) groups is 1. The molecule has 1 heterocycles. The Kier molecular flexibility index (Phi) is 3.63. The van der Waals surface area contributed by atoms with E-state index in [0.29, 0.717) is 17.2 Å². The molecule has 0 saturated carbocycles. The first kappa shape index (κ1) is 13.0. The van der Waals surface area contributed by atoms with Crippen molar-refractivity contribution in [1.82, 2.24) is 0 Å². The lowest BCUT2D eigenvalue weighted by molar-refractivity contribution is 0.0533. The maximum Gasteiger partial charge on any atom is 0.350 e. The molecule has 0 amide bonds. The van der Waals surface area contributed by atoms with Crippen LogP contribution in [-0.4, -0.2) is 12.6 Å². The topological polar surface area (TPSA) is 52.3 Å². The Hall–Kier alpha value is -1.03. The summed E-state index contributed by atoms with van der Waals surface area (Å²) in [7, 11) is 0. The second-order valence-corrected chi connectivity index (χ2v) is 5.79. The van der Waals surface area contributed by atoms with Gasteiger partial charge in [0.15, 0.2) is 0 Å². The molecule has 0 aliphatic rings. The van der Waals surface area contributed by atoms with Crippen LogP contribution in [0.5, 0.6) is 0 Å². The summed E-state index contributed by atoms with van der Waals surface area (Å²) in [5.74, 6) is -0.316. The molecule has 90 valence electrons. The maximum atomic E-state index is 11.7. The van der Waals surface area contributed by atoms with Gasteiger partial charge in [0.2, 0.25) is 0 Å². The van der Waals surface area contributed by atoms with Crippen molar-refractivity contribution in [3.63, 3.8) is 0 Å². The summed E-state index contributed by atoms with van der Waals surface area (Å²) in [5, 5.41) is 0. The number of anilines is 1. The highest BCUT2D eigenvalue weighted by atomic mass is 32.1. The number of nitrogens with two attached hydrogens (primary N) is 1. The molecule has 1 rings (SSSR count). The third kappa shape index (κ3) is 2.38. The Morgan fingerprint density at radius 2 is 2.00 bits per heavy atom. The maximum absolute atomic E-state index is 11.7. The minimum absolute atomic E-state index is 0.00755. The van der Waals surface area contributed by atoms with Crippen LogP contribution in [0, 0.1) is 6.92 Å². The molecule has 0 atom stereocenters. The first-order chi connectivity index (χ1) is 7.29. The van der Waals surface area contributed by atoms with Crippen molar-refractivity contribution in [2.45, 2.75) is 40.0 Å². The van der Waals surface area contributed by atoms with Gasteiger partial charge in [0.05, 0.1) is 12.3 Å². The number of nitrogen functional groups attached to an aromatic ring is 1. The van der Waals surface area contributed by atoms with Gasteiger partial charge in [-0.3, -0.25) is 0 Å². The number of ether oxygens (including phenoxy) is 1. The molecule has 0 aliphatic heterocycles. The van der Waals surface area contributed by atoms with Crippen molar-refractivity contribution in [1.29, 1.82) is 0 Å². The van der Waals surface area contributed by atoms with Gasteiger partial charge in [-0.05, 0) is 24.8 Å².